The molecule has 1 fully saturated rings. The molecule has 2 aromatic rings. The predicted molar refractivity (Wildman–Crippen MR) is 120 cm³/mol. The van der Waals surface area contributed by atoms with Crippen molar-refractivity contribution in [1.82, 2.24) is 30.1 Å². The maximum atomic E-state index is 12.6. The number of piperazine rings is 1. The number of anilines is 1. The average molecular weight is 431 g/mol. The number of hydrogen-bond donors (Lipinski definition) is 1. The Balaban J connectivity index is 1.47. The summed E-state index contributed by atoms with van der Waals surface area (Å²) in [7, 11) is 1.99. The van der Waals surface area contributed by atoms with Crippen molar-refractivity contribution < 1.29 is 4.79 Å². The van der Waals surface area contributed by atoms with Crippen LogP contribution in [0.2, 0.25) is 0 Å². The number of aromatic nitrogens is 3. The number of aliphatic imine (C=N–C) groups is 1. The van der Waals surface area contributed by atoms with Crippen LogP contribution in [0, 0.1) is 6.92 Å². The van der Waals surface area contributed by atoms with E-state index in [1.807, 2.05) is 30.7 Å². The Labute approximate surface area is 181 Å². The van der Waals surface area contributed by atoms with Crippen molar-refractivity contribution in [1.29, 1.82) is 0 Å². The van der Waals surface area contributed by atoms with Crippen LogP contribution in [0.3, 0.4) is 0 Å². The van der Waals surface area contributed by atoms with E-state index >= 15 is 0 Å². The number of amides is 1. The van der Waals surface area contributed by atoms with Gasteiger partial charge in [-0.2, -0.15) is 0 Å². The molecule has 1 aliphatic rings. The molecule has 0 radical (unpaired) electrons. The molecular formula is C20H30N8OS. The molecule has 0 unspecified atom stereocenters. The van der Waals surface area contributed by atoms with Gasteiger partial charge in [-0.15, -0.1) is 11.3 Å². The highest BCUT2D eigenvalue weighted by Gasteiger charge is 2.22. The fourth-order valence-corrected chi connectivity index (χ4v) is 3.90. The minimum atomic E-state index is 0.140. The second-order valence-corrected chi connectivity index (χ2v) is 8.18. The van der Waals surface area contributed by atoms with Crippen LogP contribution in [-0.4, -0.2) is 82.9 Å². The summed E-state index contributed by atoms with van der Waals surface area (Å²) in [5.41, 5.74) is 1.03. The van der Waals surface area contributed by atoms with Crippen molar-refractivity contribution in [3.05, 3.63) is 34.5 Å². The highest BCUT2D eigenvalue weighted by molar-refractivity contribution is 7.09. The molecule has 3 heterocycles. The van der Waals surface area contributed by atoms with Gasteiger partial charge in [0.2, 0.25) is 11.9 Å². The summed E-state index contributed by atoms with van der Waals surface area (Å²) < 4.78 is 0. The van der Waals surface area contributed by atoms with Crippen molar-refractivity contribution >= 4 is 29.2 Å². The van der Waals surface area contributed by atoms with Crippen LogP contribution >= 0.6 is 11.3 Å². The molecule has 1 N–H and O–H groups in total. The molecule has 3 rings (SSSR count). The fraction of sp³-hybridized carbons (Fsp3) is 0.550. The summed E-state index contributed by atoms with van der Waals surface area (Å²) in [5, 5.41) is 6.42. The van der Waals surface area contributed by atoms with E-state index in [0.717, 1.165) is 42.2 Å². The van der Waals surface area contributed by atoms with Crippen molar-refractivity contribution in [2.45, 2.75) is 26.8 Å². The lowest BCUT2D eigenvalue weighted by Crippen LogP contribution is -2.49. The van der Waals surface area contributed by atoms with E-state index in [1.165, 1.54) is 0 Å². The minimum Gasteiger partial charge on any atom is -0.357 e. The van der Waals surface area contributed by atoms with Crippen molar-refractivity contribution in [3.63, 3.8) is 0 Å². The third kappa shape index (κ3) is 6.12. The Morgan fingerprint density at radius 2 is 2.00 bits per heavy atom. The zero-order valence-corrected chi connectivity index (χ0v) is 18.7. The summed E-state index contributed by atoms with van der Waals surface area (Å²) in [6.07, 6.45) is 3.89. The minimum absolute atomic E-state index is 0.140. The third-order valence-electron chi connectivity index (χ3n) is 4.82. The first-order valence-corrected chi connectivity index (χ1v) is 11.1. The molecule has 2 aromatic heterocycles. The van der Waals surface area contributed by atoms with Crippen LogP contribution < -0.4 is 10.2 Å². The number of carbonyl (C=O) groups excluding carboxylic acids is 1. The number of aryl methyl sites for hydroxylation is 1. The summed E-state index contributed by atoms with van der Waals surface area (Å²) >= 11 is 1.65. The zero-order chi connectivity index (χ0) is 21.3. The molecule has 30 heavy (non-hydrogen) atoms. The second kappa shape index (κ2) is 10.9. The van der Waals surface area contributed by atoms with Crippen LogP contribution in [0.4, 0.5) is 5.95 Å². The molecule has 1 saturated heterocycles. The van der Waals surface area contributed by atoms with E-state index in [1.54, 1.807) is 29.8 Å². The highest BCUT2D eigenvalue weighted by Crippen LogP contribution is 2.11. The van der Waals surface area contributed by atoms with Crippen LogP contribution in [-0.2, 0) is 11.3 Å². The van der Waals surface area contributed by atoms with Gasteiger partial charge < -0.3 is 20.0 Å². The lowest BCUT2D eigenvalue weighted by molar-refractivity contribution is -0.131. The monoisotopic (exact) mass is 430 g/mol. The van der Waals surface area contributed by atoms with Crippen molar-refractivity contribution in [2.24, 2.45) is 4.99 Å². The average Bonchev–Trinajstić information content (AvgIpc) is 3.18. The molecule has 1 amide bonds. The third-order valence-corrected chi connectivity index (χ3v) is 5.64. The number of guanidine groups is 1. The lowest BCUT2D eigenvalue weighted by atomic mass is 10.3. The molecule has 0 aromatic carbocycles. The van der Waals surface area contributed by atoms with Gasteiger partial charge in [-0.25, -0.2) is 15.0 Å². The highest BCUT2D eigenvalue weighted by atomic mass is 32.1. The predicted octanol–water partition coefficient (Wildman–Crippen LogP) is 1.38. The summed E-state index contributed by atoms with van der Waals surface area (Å²) in [5.74, 6) is 1.66. The molecule has 10 heteroatoms. The van der Waals surface area contributed by atoms with E-state index in [-0.39, 0.29) is 5.91 Å². The van der Waals surface area contributed by atoms with Gasteiger partial charge in [-0.1, -0.05) is 0 Å². The van der Waals surface area contributed by atoms with Gasteiger partial charge in [0.05, 0.1) is 23.8 Å². The van der Waals surface area contributed by atoms with Gasteiger partial charge in [0.1, 0.15) is 0 Å². The van der Waals surface area contributed by atoms with Crippen LogP contribution in [0.1, 0.15) is 24.0 Å². The SMILES string of the molecule is CCNC(=NCCC(=O)N1CCN(c2ncccn2)CC1)N(C)Cc1csc(C)n1. The van der Waals surface area contributed by atoms with Crippen LogP contribution in [0.15, 0.2) is 28.8 Å². The van der Waals surface area contributed by atoms with E-state index in [0.29, 0.717) is 32.6 Å². The first-order chi connectivity index (χ1) is 14.6. The smallest absolute Gasteiger partial charge is 0.225 e. The van der Waals surface area contributed by atoms with Gasteiger partial charge in [0.25, 0.3) is 0 Å². The number of carbonyl (C=O) groups is 1. The molecule has 162 valence electrons. The lowest BCUT2D eigenvalue weighted by Gasteiger charge is -2.34. The molecule has 0 saturated carbocycles. The van der Waals surface area contributed by atoms with E-state index in [4.69, 9.17) is 0 Å². The van der Waals surface area contributed by atoms with E-state index in [9.17, 15) is 4.79 Å². The summed E-state index contributed by atoms with van der Waals surface area (Å²) in [6.45, 7) is 8.83. The Morgan fingerprint density at radius 1 is 1.27 bits per heavy atom. The number of thiazole rings is 1. The number of nitrogens with zero attached hydrogens (tertiary/aromatic N) is 7. The van der Waals surface area contributed by atoms with Gasteiger partial charge in [-0.3, -0.25) is 9.79 Å². The van der Waals surface area contributed by atoms with Crippen molar-refractivity contribution in [3.8, 4) is 0 Å². The quantitative estimate of drug-likeness (QED) is 0.524. The topological polar surface area (TPSA) is 89.8 Å². The molecule has 0 aliphatic carbocycles. The standard InChI is InChI=1S/C20H30N8OS/c1-4-21-19(26(3)14-17-15-30-16(2)25-17)24-9-6-18(29)27-10-12-28(13-11-27)20-22-7-5-8-23-20/h5,7-8,15H,4,6,9-14H2,1-3H3,(H,21,24). The largest absolute Gasteiger partial charge is 0.357 e. The van der Waals surface area contributed by atoms with Crippen molar-refractivity contribution in [2.75, 3.05) is 51.2 Å². The Bertz CT molecular complexity index is 832. The first kappa shape index (κ1) is 21.9. The second-order valence-electron chi connectivity index (χ2n) is 7.12. The van der Waals surface area contributed by atoms with E-state index < -0.39 is 0 Å². The number of hydrogen-bond acceptors (Lipinski definition) is 7. The molecular weight excluding hydrogens is 400 g/mol. The molecule has 0 spiro atoms. The molecule has 1 aliphatic heterocycles. The number of rotatable bonds is 7. The van der Waals surface area contributed by atoms with E-state index in [2.05, 4.69) is 35.5 Å². The maximum absolute atomic E-state index is 12.6. The normalized spacial score (nSPS) is 14.7. The van der Waals surface area contributed by atoms with Gasteiger partial charge >= 0.3 is 0 Å². The first-order valence-electron chi connectivity index (χ1n) is 10.3. The van der Waals surface area contributed by atoms with Gasteiger partial charge in [-0.05, 0) is 19.9 Å². The molecule has 0 atom stereocenters. The Kier molecular flexibility index (Phi) is 7.95. The maximum Gasteiger partial charge on any atom is 0.225 e. The molecule has 9 nitrogen and oxygen atoms in total. The Hall–Kier alpha value is -2.75. The Morgan fingerprint density at radius 3 is 2.63 bits per heavy atom. The number of nitrogens with one attached hydrogen (secondary N) is 1. The van der Waals surface area contributed by atoms with Gasteiger partial charge in [0.15, 0.2) is 5.96 Å². The zero-order valence-electron chi connectivity index (χ0n) is 17.9. The van der Waals surface area contributed by atoms with Crippen LogP contribution in [0.25, 0.3) is 0 Å². The molecule has 0 bridgehead atoms. The summed E-state index contributed by atoms with van der Waals surface area (Å²) in [6, 6.07) is 1.81. The van der Waals surface area contributed by atoms with Gasteiger partial charge in [0, 0.05) is 64.0 Å². The summed E-state index contributed by atoms with van der Waals surface area (Å²) in [4.78, 5) is 36.4. The van der Waals surface area contributed by atoms with Crippen LogP contribution in [0.5, 0.6) is 0 Å². The fourth-order valence-electron chi connectivity index (χ4n) is 3.29.